The quantitative estimate of drug-likeness (QED) is 0.632. The van der Waals surface area contributed by atoms with Crippen LogP contribution in [0.2, 0.25) is 0 Å². The predicted octanol–water partition coefficient (Wildman–Crippen LogP) is 2.72. The van der Waals surface area contributed by atoms with Crippen LogP contribution in [-0.4, -0.2) is 36.5 Å². The standard InChI is InChI=1S/C16H31NO2/c1-13(2)17-16(12-18)9-3-4-15(16)8-11-19-10-7-14-5-6-14/h13-15,17-18H,3-12H2,1-2H3. The lowest BCUT2D eigenvalue weighted by Crippen LogP contribution is -2.54. The molecule has 0 bridgehead atoms. The van der Waals surface area contributed by atoms with Crippen molar-refractivity contribution in [2.75, 3.05) is 19.8 Å². The van der Waals surface area contributed by atoms with Crippen molar-refractivity contribution in [2.45, 2.75) is 70.4 Å². The van der Waals surface area contributed by atoms with Crippen molar-refractivity contribution < 1.29 is 9.84 Å². The maximum absolute atomic E-state index is 9.82. The normalized spacial score (nSPS) is 31.3. The third-order valence-corrected chi connectivity index (χ3v) is 4.79. The summed E-state index contributed by atoms with van der Waals surface area (Å²) in [4.78, 5) is 0. The average molecular weight is 269 g/mol. The molecule has 0 aromatic heterocycles. The first-order valence-electron chi connectivity index (χ1n) is 8.12. The second kappa shape index (κ2) is 7.05. The summed E-state index contributed by atoms with van der Waals surface area (Å²) < 4.78 is 5.78. The van der Waals surface area contributed by atoms with E-state index in [9.17, 15) is 5.11 Å². The molecule has 112 valence electrons. The average Bonchev–Trinajstić information content (AvgIpc) is 3.11. The van der Waals surface area contributed by atoms with E-state index in [0.717, 1.165) is 32.0 Å². The number of hydrogen-bond acceptors (Lipinski definition) is 3. The topological polar surface area (TPSA) is 41.5 Å². The molecule has 0 spiro atoms. The molecule has 0 heterocycles. The molecule has 0 amide bonds. The van der Waals surface area contributed by atoms with Crippen molar-refractivity contribution in [3.8, 4) is 0 Å². The Labute approximate surface area is 118 Å². The Morgan fingerprint density at radius 1 is 1.21 bits per heavy atom. The van der Waals surface area contributed by atoms with Crippen LogP contribution in [0.1, 0.15) is 58.8 Å². The van der Waals surface area contributed by atoms with Crippen LogP contribution >= 0.6 is 0 Å². The zero-order chi connectivity index (χ0) is 13.7. The van der Waals surface area contributed by atoms with Crippen LogP contribution in [-0.2, 0) is 4.74 Å². The van der Waals surface area contributed by atoms with E-state index in [1.165, 1.54) is 32.1 Å². The van der Waals surface area contributed by atoms with Crippen molar-refractivity contribution in [1.82, 2.24) is 5.32 Å². The van der Waals surface area contributed by atoms with Crippen LogP contribution in [0.5, 0.6) is 0 Å². The summed E-state index contributed by atoms with van der Waals surface area (Å²) in [7, 11) is 0. The number of ether oxygens (including phenoxy) is 1. The molecule has 0 aromatic carbocycles. The van der Waals surface area contributed by atoms with Gasteiger partial charge in [0.1, 0.15) is 0 Å². The summed E-state index contributed by atoms with van der Waals surface area (Å²) in [5, 5.41) is 13.4. The van der Waals surface area contributed by atoms with Gasteiger partial charge in [-0.1, -0.05) is 33.1 Å². The summed E-state index contributed by atoms with van der Waals surface area (Å²) in [6, 6.07) is 0.434. The van der Waals surface area contributed by atoms with E-state index in [-0.39, 0.29) is 12.1 Å². The smallest absolute Gasteiger partial charge is 0.0616 e. The van der Waals surface area contributed by atoms with E-state index in [1.807, 2.05) is 0 Å². The van der Waals surface area contributed by atoms with Gasteiger partial charge in [0.05, 0.1) is 6.61 Å². The van der Waals surface area contributed by atoms with Gasteiger partial charge in [-0.3, -0.25) is 0 Å². The number of aliphatic hydroxyl groups excluding tert-OH is 1. The fourth-order valence-electron chi connectivity index (χ4n) is 3.57. The van der Waals surface area contributed by atoms with Gasteiger partial charge in [0.25, 0.3) is 0 Å². The Hall–Kier alpha value is -0.120. The molecular weight excluding hydrogens is 238 g/mol. The fourth-order valence-corrected chi connectivity index (χ4v) is 3.57. The summed E-state index contributed by atoms with van der Waals surface area (Å²) in [5.74, 6) is 1.53. The summed E-state index contributed by atoms with van der Waals surface area (Å²) in [6.07, 6.45) is 8.73. The Kier molecular flexibility index (Phi) is 5.67. The third-order valence-electron chi connectivity index (χ3n) is 4.79. The molecule has 0 radical (unpaired) electrons. The minimum Gasteiger partial charge on any atom is -0.394 e. The first kappa shape index (κ1) is 15.3. The zero-order valence-electron chi connectivity index (χ0n) is 12.7. The second-order valence-electron chi connectivity index (χ2n) is 6.84. The number of rotatable bonds is 9. The number of hydrogen-bond donors (Lipinski definition) is 2. The molecule has 19 heavy (non-hydrogen) atoms. The summed E-state index contributed by atoms with van der Waals surface area (Å²) in [5.41, 5.74) is -0.0476. The molecule has 0 saturated heterocycles. The second-order valence-corrected chi connectivity index (χ2v) is 6.84. The molecular formula is C16H31NO2. The van der Waals surface area contributed by atoms with Crippen molar-refractivity contribution >= 4 is 0 Å². The van der Waals surface area contributed by atoms with E-state index in [0.29, 0.717) is 12.0 Å². The number of nitrogens with one attached hydrogen (secondary N) is 1. The van der Waals surface area contributed by atoms with Gasteiger partial charge in [0.2, 0.25) is 0 Å². The van der Waals surface area contributed by atoms with Crippen molar-refractivity contribution in [3.05, 3.63) is 0 Å². The first-order valence-corrected chi connectivity index (χ1v) is 8.12. The Balaban J connectivity index is 1.70. The lowest BCUT2D eigenvalue weighted by Gasteiger charge is -2.37. The highest BCUT2D eigenvalue weighted by Crippen LogP contribution is 2.38. The van der Waals surface area contributed by atoms with Crippen molar-refractivity contribution in [2.24, 2.45) is 11.8 Å². The van der Waals surface area contributed by atoms with E-state index in [2.05, 4.69) is 19.2 Å². The third kappa shape index (κ3) is 4.44. The molecule has 2 saturated carbocycles. The molecule has 2 aliphatic rings. The van der Waals surface area contributed by atoms with Gasteiger partial charge in [-0.2, -0.15) is 0 Å². The summed E-state index contributed by atoms with van der Waals surface area (Å²) >= 11 is 0. The van der Waals surface area contributed by atoms with Gasteiger partial charge in [-0.15, -0.1) is 0 Å². The Bertz CT molecular complexity index is 265. The van der Waals surface area contributed by atoms with Gasteiger partial charge in [-0.05, 0) is 37.5 Å². The van der Waals surface area contributed by atoms with Crippen LogP contribution in [0.3, 0.4) is 0 Å². The lowest BCUT2D eigenvalue weighted by molar-refractivity contribution is 0.0726. The molecule has 3 heteroatoms. The van der Waals surface area contributed by atoms with Crippen molar-refractivity contribution in [3.63, 3.8) is 0 Å². The maximum Gasteiger partial charge on any atom is 0.0616 e. The maximum atomic E-state index is 9.82. The molecule has 2 atom stereocenters. The van der Waals surface area contributed by atoms with Gasteiger partial charge < -0.3 is 15.2 Å². The highest BCUT2D eigenvalue weighted by molar-refractivity contribution is 4.99. The van der Waals surface area contributed by atoms with E-state index >= 15 is 0 Å². The minimum atomic E-state index is -0.0476. The van der Waals surface area contributed by atoms with Crippen molar-refractivity contribution in [1.29, 1.82) is 0 Å². The highest BCUT2D eigenvalue weighted by Gasteiger charge is 2.42. The zero-order valence-corrected chi connectivity index (χ0v) is 12.7. The van der Waals surface area contributed by atoms with Crippen LogP contribution in [0.25, 0.3) is 0 Å². The van der Waals surface area contributed by atoms with Crippen LogP contribution in [0.4, 0.5) is 0 Å². The largest absolute Gasteiger partial charge is 0.394 e. The van der Waals surface area contributed by atoms with Gasteiger partial charge in [0, 0.05) is 24.8 Å². The fraction of sp³-hybridized carbons (Fsp3) is 1.00. The van der Waals surface area contributed by atoms with E-state index in [4.69, 9.17) is 4.74 Å². The molecule has 0 aromatic rings. The monoisotopic (exact) mass is 269 g/mol. The molecule has 2 fully saturated rings. The molecule has 2 rings (SSSR count). The molecule has 2 N–H and O–H groups in total. The number of aliphatic hydroxyl groups is 1. The molecule has 2 unspecified atom stereocenters. The first-order chi connectivity index (χ1) is 9.16. The van der Waals surface area contributed by atoms with Gasteiger partial charge in [0.15, 0.2) is 0 Å². The predicted molar refractivity (Wildman–Crippen MR) is 78.2 cm³/mol. The SMILES string of the molecule is CC(C)NC1(CO)CCCC1CCOCCC1CC1. The minimum absolute atomic E-state index is 0.0476. The Morgan fingerprint density at radius 3 is 2.58 bits per heavy atom. The van der Waals surface area contributed by atoms with Crippen LogP contribution in [0.15, 0.2) is 0 Å². The van der Waals surface area contributed by atoms with Crippen LogP contribution in [0, 0.1) is 11.8 Å². The summed E-state index contributed by atoms with van der Waals surface area (Å²) in [6.45, 7) is 6.38. The molecule has 3 nitrogen and oxygen atoms in total. The van der Waals surface area contributed by atoms with Crippen LogP contribution < -0.4 is 5.32 Å². The van der Waals surface area contributed by atoms with E-state index in [1.54, 1.807) is 0 Å². The highest BCUT2D eigenvalue weighted by atomic mass is 16.5. The van der Waals surface area contributed by atoms with Gasteiger partial charge >= 0.3 is 0 Å². The Morgan fingerprint density at radius 2 is 1.95 bits per heavy atom. The molecule has 2 aliphatic carbocycles. The molecule has 0 aliphatic heterocycles. The van der Waals surface area contributed by atoms with E-state index < -0.39 is 0 Å². The van der Waals surface area contributed by atoms with Gasteiger partial charge in [-0.25, -0.2) is 0 Å². The lowest BCUT2D eigenvalue weighted by atomic mass is 9.85.